The van der Waals surface area contributed by atoms with Crippen molar-refractivity contribution in [2.24, 2.45) is 0 Å². The average Bonchev–Trinajstić information content (AvgIpc) is 2.87. The highest BCUT2D eigenvalue weighted by Gasteiger charge is 2.51. The van der Waals surface area contributed by atoms with Gasteiger partial charge in [0.1, 0.15) is 23.2 Å². The number of ether oxygens (including phenoxy) is 1. The fourth-order valence-corrected chi connectivity index (χ4v) is 7.20. The van der Waals surface area contributed by atoms with Crippen LogP contribution in [0.25, 0.3) is 0 Å². The second-order valence-electron chi connectivity index (χ2n) is 9.25. The molecule has 11 heteroatoms. The van der Waals surface area contributed by atoms with Crippen LogP contribution in [0.4, 0.5) is 0 Å². The molecule has 1 heterocycles. The Kier molecular flexibility index (Phi) is 8.91. The number of nitrogens with one attached hydrogen (secondary N) is 1. The number of quaternary nitrogens is 1. The quantitative estimate of drug-likeness (QED) is 0.299. The van der Waals surface area contributed by atoms with E-state index >= 15 is 0 Å². The van der Waals surface area contributed by atoms with Crippen LogP contribution < -0.4 is 10.2 Å². The molecule has 1 aromatic rings. The Morgan fingerprint density at radius 2 is 1.71 bits per heavy atom. The van der Waals surface area contributed by atoms with E-state index in [2.05, 4.69) is 4.90 Å². The molecule has 2 amide bonds. The van der Waals surface area contributed by atoms with Gasteiger partial charge in [0.05, 0.1) is 13.5 Å². The van der Waals surface area contributed by atoms with Gasteiger partial charge in [0.2, 0.25) is 5.91 Å². The number of hydroxylamine groups is 1. The smallest absolute Gasteiger partial charge is 0.327 e. The SMILES string of the molecule is COc1ccc(S(=O)(=O)[N+](CCC(=O)N2CCN(C)CC2)(CC(=O)NO)C2CCCCC2)cc1. The molecule has 2 N–H and O–H groups in total. The molecular weight excluding hydrogens is 460 g/mol. The molecule has 0 radical (unpaired) electrons. The van der Waals surface area contributed by atoms with E-state index in [0.29, 0.717) is 31.7 Å². The zero-order valence-corrected chi connectivity index (χ0v) is 20.9. The summed E-state index contributed by atoms with van der Waals surface area (Å²) in [6, 6.07) is 5.75. The van der Waals surface area contributed by atoms with Crippen molar-refractivity contribution in [2.45, 2.75) is 49.5 Å². The van der Waals surface area contributed by atoms with E-state index in [9.17, 15) is 23.2 Å². The summed E-state index contributed by atoms with van der Waals surface area (Å²) in [6.45, 7) is 2.25. The van der Waals surface area contributed by atoms with Crippen LogP contribution in [-0.2, 0) is 19.6 Å². The maximum absolute atomic E-state index is 14.2. The number of nitrogens with zero attached hydrogens (tertiary/aromatic N) is 3. The maximum atomic E-state index is 14.2. The van der Waals surface area contributed by atoms with Gasteiger partial charge in [-0.05, 0) is 44.2 Å². The second kappa shape index (κ2) is 11.5. The minimum atomic E-state index is -4.10. The second-order valence-corrected chi connectivity index (χ2v) is 11.4. The molecule has 2 aliphatic rings. The van der Waals surface area contributed by atoms with Crippen LogP contribution in [0.5, 0.6) is 5.75 Å². The summed E-state index contributed by atoms with van der Waals surface area (Å²) in [7, 11) is -0.593. The number of likely N-dealkylation sites (N-methyl/N-ethyl adjacent to an activating group) is 1. The molecule has 1 saturated heterocycles. The van der Waals surface area contributed by atoms with E-state index < -0.39 is 26.4 Å². The molecular formula is C23H37N4O6S+. The van der Waals surface area contributed by atoms with E-state index in [1.54, 1.807) is 22.5 Å². The Morgan fingerprint density at radius 3 is 2.26 bits per heavy atom. The van der Waals surface area contributed by atoms with Crippen LogP contribution in [0.2, 0.25) is 0 Å². The molecule has 1 atom stereocenters. The van der Waals surface area contributed by atoms with Gasteiger partial charge in [-0.25, -0.2) is 9.37 Å². The van der Waals surface area contributed by atoms with E-state index in [1.807, 2.05) is 7.05 Å². The van der Waals surface area contributed by atoms with Gasteiger partial charge >= 0.3 is 10.0 Å². The molecule has 190 valence electrons. The lowest BCUT2D eigenvalue weighted by atomic mass is 9.94. The minimum absolute atomic E-state index is 0.00824. The van der Waals surface area contributed by atoms with Crippen LogP contribution in [0.15, 0.2) is 29.2 Å². The number of hydrogen-bond donors (Lipinski definition) is 2. The summed E-state index contributed by atoms with van der Waals surface area (Å²) in [4.78, 5) is 29.5. The third kappa shape index (κ3) is 5.70. The van der Waals surface area contributed by atoms with Crippen LogP contribution in [0.3, 0.4) is 0 Å². The largest absolute Gasteiger partial charge is 0.497 e. The first-order chi connectivity index (χ1) is 16.2. The summed E-state index contributed by atoms with van der Waals surface area (Å²) in [5.41, 5.74) is 1.62. The van der Waals surface area contributed by atoms with E-state index in [4.69, 9.17) is 4.74 Å². The van der Waals surface area contributed by atoms with Gasteiger partial charge < -0.3 is 14.5 Å². The van der Waals surface area contributed by atoms with Crippen LogP contribution in [-0.4, -0.2) is 98.6 Å². The Hall–Kier alpha value is -2.21. The number of methoxy groups -OCH3 is 1. The van der Waals surface area contributed by atoms with Crippen LogP contribution in [0.1, 0.15) is 38.5 Å². The van der Waals surface area contributed by atoms with Crippen molar-refractivity contribution < 1.29 is 31.8 Å². The third-order valence-corrected chi connectivity index (χ3v) is 9.61. The number of carbonyl (C=O) groups excluding carboxylic acids is 2. The van der Waals surface area contributed by atoms with Gasteiger partial charge in [-0.15, -0.1) is 0 Å². The molecule has 1 aromatic carbocycles. The van der Waals surface area contributed by atoms with Crippen molar-refractivity contribution in [1.82, 2.24) is 15.3 Å². The summed E-state index contributed by atoms with van der Waals surface area (Å²) in [6.07, 6.45) is 4.00. The number of benzene rings is 1. The van der Waals surface area contributed by atoms with Gasteiger partial charge in [-0.2, -0.15) is 8.42 Å². The predicted molar refractivity (Wildman–Crippen MR) is 126 cm³/mol. The molecule has 1 saturated carbocycles. The van der Waals surface area contributed by atoms with Gasteiger partial charge in [0.25, 0.3) is 5.91 Å². The number of carbonyl (C=O) groups is 2. The highest BCUT2D eigenvalue weighted by molar-refractivity contribution is 7.86. The fourth-order valence-electron chi connectivity index (χ4n) is 5.08. The Bertz CT molecular complexity index is 941. The Morgan fingerprint density at radius 1 is 1.09 bits per heavy atom. The average molecular weight is 498 g/mol. The molecule has 0 spiro atoms. The summed E-state index contributed by atoms with van der Waals surface area (Å²) >= 11 is 0. The standard InChI is InChI=1S/C23H36N4O6S/c1-25-13-15-26(16-14-25)23(29)12-17-27(18-22(28)24-30,19-6-4-3-5-7-19)34(31,32)21-10-8-20(33-2)9-11-21/h8-11,19H,3-7,12-18H2,1-2H3,(H-,24,28,30)/p+1. The molecule has 10 nitrogen and oxygen atoms in total. The van der Waals surface area contributed by atoms with E-state index in [-0.39, 0.29) is 29.8 Å². The monoisotopic (exact) mass is 497 g/mol. The van der Waals surface area contributed by atoms with Crippen molar-refractivity contribution in [3.05, 3.63) is 24.3 Å². The number of sulfonamides is 1. The first-order valence-corrected chi connectivity index (χ1v) is 13.3. The predicted octanol–water partition coefficient (Wildman–Crippen LogP) is 1.20. The third-order valence-electron chi connectivity index (χ3n) is 7.17. The normalized spacial score (nSPS) is 19.9. The van der Waals surface area contributed by atoms with Crippen molar-refractivity contribution in [2.75, 3.05) is 53.4 Å². The van der Waals surface area contributed by atoms with Crippen LogP contribution >= 0.6 is 0 Å². The molecule has 0 aromatic heterocycles. The number of piperazine rings is 1. The number of rotatable bonds is 9. The van der Waals surface area contributed by atoms with Crippen molar-refractivity contribution in [3.63, 3.8) is 0 Å². The van der Waals surface area contributed by atoms with Gasteiger partial charge in [-0.1, -0.05) is 6.42 Å². The molecule has 34 heavy (non-hydrogen) atoms. The lowest BCUT2D eigenvalue weighted by Crippen LogP contribution is -2.63. The van der Waals surface area contributed by atoms with Crippen molar-refractivity contribution in [3.8, 4) is 5.75 Å². The first-order valence-electron chi connectivity index (χ1n) is 11.9. The van der Waals surface area contributed by atoms with Gasteiger partial charge in [-0.3, -0.25) is 14.8 Å². The Labute approximate surface area is 202 Å². The zero-order valence-electron chi connectivity index (χ0n) is 20.1. The summed E-state index contributed by atoms with van der Waals surface area (Å²) in [5.74, 6) is -0.372. The molecule has 0 bridgehead atoms. The molecule has 1 unspecified atom stereocenters. The van der Waals surface area contributed by atoms with E-state index in [1.165, 1.54) is 19.2 Å². The molecule has 3 rings (SSSR count). The van der Waals surface area contributed by atoms with Gasteiger partial charge in [0, 0.05) is 39.0 Å². The highest BCUT2D eigenvalue weighted by atomic mass is 32.2. The maximum Gasteiger partial charge on any atom is 0.327 e. The number of hydrogen-bond acceptors (Lipinski definition) is 7. The number of amides is 2. The molecule has 2 fully saturated rings. The van der Waals surface area contributed by atoms with Crippen molar-refractivity contribution >= 4 is 21.8 Å². The fraction of sp³-hybridized carbons (Fsp3) is 0.652. The highest BCUT2D eigenvalue weighted by Crippen LogP contribution is 2.36. The summed E-state index contributed by atoms with van der Waals surface area (Å²) in [5, 5.41) is 9.31. The lowest BCUT2D eigenvalue weighted by Gasteiger charge is -2.44. The first kappa shape index (κ1) is 26.4. The van der Waals surface area contributed by atoms with E-state index in [0.717, 1.165) is 32.4 Å². The van der Waals surface area contributed by atoms with Crippen molar-refractivity contribution in [1.29, 1.82) is 0 Å². The van der Waals surface area contributed by atoms with Gasteiger partial charge in [0.15, 0.2) is 6.54 Å². The minimum Gasteiger partial charge on any atom is -0.497 e. The topological polar surface area (TPSA) is 116 Å². The molecule has 1 aliphatic heterocycles. The zero-order chi connectivity index (χ0) is 24.8. The summed E-state index contributed by atoms with van der Waals surface area (Å²) < 4.78 is 32.9. The van der Waals surface area contributed by atoms with Crippen LogP contribution in [0, 0.1) is 0 Å². The molecule has 1 aliphatic carbocycles. The Balaban J connectivity index is 1.98. The lowest BCUT2D eigenvalue weighted by molar-refractivity contribution is -0.827.